The fraction of sp³-hybridized carbons (Fsp3) is 0.222. The summed E-state index contributed by atoms with van der Waals surface area (Å²) in [6, 6.07) is 1.80. The van der Waals surface area contributed by atoms with Crippen LogP contribution in [-0.4, -0.2) is 15.0 Å². The maximum Gasteiger partial charge on any atom is 0.130 e. The quantitative estimate of drug-likeness (QED) is 0.603. The summed E-state index contributed by atoms with van der Waals surface area (Å²) in [6.45, 7) is 3.82. The van der Waals surface area contributed by atoms with E-state index in [1.807, 2.05) is 13.8 Å². The van der Waals surface area contributed by atoms with Gasteiger partial charge >= 0.3 is 0 Å². The highest BCUT2D eigenvalue weighted by molar-refractivity contribution is 6.29. The van der Waals surface area contributed by atoms with Crippen molar-refractivity contribution in [3.05, 3.63) is 28.8 Å². The highest BCUT2D eigenvalue weighted by Gasteiger charge is 2.02. The smallest absolute Gasteiger partial charge is 0.130 e. The molecule has 0 saturated heterocycles. The Labute approximate surface area is 80.8 Å². The molecule has 3 nitrogen and oxygen atoms in total. The van der Waals surface area contributed by atoms with Gasteiger partial charge in [0.25, 0.3) is 0 Å². The van der Waals surface area contributed by atoms with Gasteiger partial charge in [-0.2, -0.15) is 0 Å². The fourth-order valence-electron chi connectivity index (χ4n) is 1.23. The summed E-state index contributed by atoms with van der Waals surface area (Å²) in [7, 11) is 0. The molecule has 2 aromatic rings. The van der Waals surface area contributed by atoms with Crippen LogP contribution in [0.4, 0.5) is 0 Å². The summed E-state index contributed by atoms with van der Waals surface area (Å²) in [4.78, 5) is 12.5. The van der Waals surface area contributed by atoms with E-state index in [-0.39, 0.29) is 0 Å². The predicted octanol–water partition coefficient (Wildman–Crippen LogP) is 2.30. The van der Waals surface area contributed by atoms with Crippen LogP contribution < -0.4 is 0 Å². The van der Waals surface area contributed by atoms with Gasteiger partial charge < -0.3 is 0 Å². The summed E-state index contributed by atoms with van der Waals surface area (Å²) in [5.41, 5.74) is 2.65. The van der Waals surface area contributed by atoms with Crippen molar-refractivity contribution < 1.29 is 0 Å². The lowest BCUT2D eigenvalue weighted by Crippen LogP contribution is -1.92. The highest BCUT2D eigenvalue weighted by Crippen LogP contribution is 2.17. The molecule has 0 aromatic carbocycles. The largest absolute Gasteiger partial charge is 0.239 e. The average Bonchev–Trinajstić information content (AvgIpc) is 2.06. The number of aryl methyl sites for hydroxylation is 2. The molecule has 2 aromatic heterocycles. The summed E-state index contributed by atoms with van der Waals surface area (Å²) < 4.78 is 0. The second kappa shape index (κ2) is 2.92. The molecule has 2 heterocycles. The maximum absolute atomic E-state index is 5.80. The van der Waals surface area contributed by atoms with Crippen molar-refractivity contribution in [1.82, 2.24) is 15.0 Å². The number of halogens is 1. The standard InChI is InChI=1S/C9H8ClN3/c1-5-3-8(10)13-7-4-11-6(2)12-9(5)7/h3-4H,1-2H3. The molecular weight excluding hydrogens is 186 g/mol. The summed E-state index contributed by atoms with van der Waals surface area (Å²) in [5, 5.41) is 0.484. The Morgan fingerprint density at radius 3 is 2.77 bits per heavy atom. The molecule has 0 radical (unpaired) electrons. The Bertz CT molecular complexity index is 468. The number of pyridine rings is 1. The third-order valence-electron chi connectivity index (χ3n) is 1.83. The molecule has 0 saturated carbocycles. The van der Waals surface area contributed by atoms with Gasteiger partial charge in [0, 0.05) is 0 Å². The zero-order chi connectivity index (χ0) is 9.42. The summed E-state index contributed by atoms with van der Waals surface area (Å²) >= 11 is 5.80. The van der Waals surface area contributed by atoms with Gasteiger partial charge in [-0.05, 0) is 25.5 Å². The van der Waals surface area contributed by atoms with Crippen LogP contribution in [-0.2, 0) is 0 Å². The SMILES string of the molecule is Cc1ncc2nc(Cl)cc(C)c2n1. The number of aromatic nitrogens is 3. The van der Waals surface area contributed by atoms with Crippen LogP contribution in [0.1, 0.15) is 11.4 Å². The molecule has 0 amide bonds. The molecule has 13 heavy (non-hydrogen) atoms. The van der Waals surface area contributed by atoms with Crippen LogP contribution in [0, 0.1) is 13.8 Å². The van der Waals surface area contributed by atoms with Crippen LogP contribution in [0.5, 0.6) is 0 Å². The van der Waals surface area contributed by atoms with E-state index in [4.69, 9.17) is 11.6 Å². The highest BCUT2D eigenvalue weighted by atomic mass is 35.5. The molecule has 0 fully saturated rings. The number of hydrogen-bond acceptors (Lipinski definition) is 3. The molecule has 0 aliphatic rings. The predicted molar refractivity (Wildman–Crippen MR) is 51.8 cm³/mol. The lowest BCUT2D eigenvalue weighted by molar-refractivity contribution is 1.08. The molecule has 0 aliphatic carbocycles. The molecule has 0 atom stereocenters. The second-order valence-corrected chi connectivity index (χ2v) is 3.30. The molecular formula is C9H8ClN3. The minimum Gasteiger partial charge on any atom is -0.239 e. The van der Waals surface area contributed by atoms with Gasteiger partial charge in [0.2, 0.25) is 0 Å². The molecule has 2 rings (SSSR count). The first-order valence-corrected chi connectivity index (χ1v) is 4.31. The first kappa shape index (κ1) is 8.38. The van der Waals surface area contributed by atoms with Gasteiger partial charge in [-0.15, -0.1) is 0 Å². The molecule has 0 N–H and O–H groups in total. The average molecular weight is 194 g/mol. The van der Waals surface area contributed by atoms with Gasteiger partial charge in [0.05, 0.1) is 11.7 Å². The van der Waals surface area contributed by atoms with Crippen molar-refractivity contribution in [2.45, 2.75) is 13.8 Å². The monoisotopic (exact) mass is 193 g/mol. The van der Waals surface area contributed by atoms with Gasteiger partial charge in [0.1, 0.15) is 16.5 Å². The van der Waals surface area contributed by atoms with Crippen LogP contribution >= 0.6 is 11.6 Å². The summed E-state index contributed by atoms with van der Waals surface area (Å²) in [6.07, 6.45) is 1.69. The van der Waals surface area contributed by atoms with Crippen molar-refractivity contribution in [2.24, 2.45) is 0 Å². The van der Waals surface area contributed by atoms with Crippen molar-refractivity contribution in [3.63, 3.8) is 0 Å². The van der Waals surface area contributed by atoms with E-state index < -0.39 is 0 Å². The third kappa shape index (κ3) is 1.47. The molecule has 0 unspecified atom stereocenters. The van der Waals surface area contributed by atoms with Crippen LogP contribution in [0.3, 0.4) is 0 Å². The van der Waals surface area contributed by atoms with Gasteiger partial charge in [0.15, 0.2) is 0 Å². The number of hydrogen-bond donors (Lipinski definition) is 0. The second-order valence-electron chi connectivity index (χ2n) is 2.91. The van der Waals surface area contributed by atoms with Gasteiger partial charge in [-0.3, -0.25) is 0 Å². The first-order valence-electron chi connectivity index (χ1n) is 3.93. The normalized spacial score (nSPS) is 10.7. The Hall–Kier alpha value is -1.22. The molecule has 66 valence electrons. The van der Waals surface area contributed by atoms with E-state index in [1.54, 1.807) is 12.3 Å². The Morgan fingerprint density at radius 1 is 1.23 bits per heavy atom. The maximum atomic E-state index is 5.80. The van der Waals surface area contributed by atoms with E-state index in [2.05, 4.69) is 15.0 Å². The van der Waals surface area contributed by atoms with E-state index in [1.165, 1.54) is 0 Å². The van der Waals surface area contributed by atoms with Crippen LogP contribution in [0.2, 0.25) is 5.15 Å². The molecule has 0 bridgehead atoms. The van der Waals surface area contributed by atoms with Crippen LogP contribution in [0.25, 0.3) is 11.0 Å². The zero-order valence-corrected chi connectivity index (χ0v) is 8.13. The zero-order valence-electron chi connectivity index (χ0n) is 7.37. The molecule has 0 aliphatic heterocycles. The van der Waals surface area contributed by atoms with E-state index in [0.717, 1.165) is 22.4 Å². The van der Waals surface area contributed by atoms with E-state index in [0.29, 0.717) is 5.15 Å². The molecule has 4 heteroatoms. The van der Waals surface area contributed by atoms with Crippen molar-refractivity contribution in [3.8, 4) is 0 Å². The van der Waals surface area contributed by atoms with E-state index >= 15 is 0 Å². The Balaban J connectivity index is 2.87. The Morgan fingerprint density at radius 2 is 2.00 bits per heavy atom. The minimum absolute atomic E-state index is 0.484. The van der Waals surface area contributed by atoms with Crippen molar-refractivity contribution >= 4 is 22.6 Å². The van der Waals surface area contributed by atoms with Crippen molar-refractivity contribution in [1.29, 1.82) is 0 Å². The minimum atomic E-state index is 0.484. The number of rotatable bonds is 0. The Kier molecular flexibility index (Phi) is 1.88. The number of fused-ring (bicyclic) bond motifs is 1. The van der Waals surface area contributed by atoms with E-state index in [9.17, 15) is 0 Å². The topological polar surface area (TPSA) is 38.7 Å². The van der Waals surface area contributed by atoms with Gasteiger partial charge in [-0.25, -0.2) is 15.0 Å². The summed E-state index contributed by atoms with van der Waals surface area (Å²) in [5.74, 6) is 0.750. The lowest BCUT2D eigenvalue weighted by atomic mass is 10.2. The number of nitrogens with zero attached hydrogens (tertiary/aromatic N) is 3. The van der Waals surface area contributed by atoms with Gasteiger partial charge in [-0.1, -0.05) is 11.6 Å². The first-order chi connectivity index (χ1) is 6.16. The van der Waals surface area contributed by atoms with Crippen molar-refractivity contribution in [2.75, 3.05) is 0 Å². The lowest BCUT2D eigenvalue weighted by Gasteiger charge is -2.01. The molecule has 0 spiro atoms. The van der Waals surface area contributed by atoms with Crippen LogP contribution in [0.15, 0.2) is 12.3 Å². The fourth-order valence-corrected chi connectivity index (χ4v) is 1.48. The third-order valence-corrected chi connectivity index (χ3v) is 2.02.